The second kappa shape index (κ2) is 11.9. The van der Waals surface area contributed by atoms with E-state index in [4.69, 9.17) is 14.6 Å². The van der Waals surface area contributed by atoms with Crippen molar-refractivity contribution in [3.63, 3.8) is 0 Å². The number of carboxylic acid groups (broad SMARTS) is 1. The fraction of sp³-hybridized carbons (Fsp3) is 0.480. The third-order valence-electron chi connectivity index (χ3n) is 6.42. The van der Waals surface area contributed by atoms with Gasteiger partial charge in [0.25, 0.3) is 0 Å². The van der Waals surface area contributed by atoms with Crippen LogP contribution in [0.5, 0.6) is 5.75 Å². The quantitative estimate of drug-likeness (QED) is 0.582. The number of hydrogen-bond acceptors (Lipinski definition) is 6. The molecule has 2 aliphatic rings. The van der Waals surface area contributed by atoms with Gasteiger partial charge in [-0.2, -0.15) is 13.2 Å². The van der Waals surface area contributed by atoms with E-state index in [9.17, 15) is 26.4 Å². The van der Waals surface area contributed by atoms with Crippen molar-refractivity contribution in [1.82, 2.24) is 9.88 Å². The largest absolute Gasteiger partial charge is 0.492 e. The van der Waals surface area contributed by atoms with E-state index in [2.05, 4.69) is 4.98 Å². The molecule has 12 heteroatoms. The molecule has 1 aliphatic carbocycles. The van der Waals surface area contributed by atoms with Gasteiger partial charge in [0.15, 0.2) is 9.84 Å². The molecule has 8 nitrogen and oxygen atoms in total. The molecule has 2 aromatic rings. The van der Waals surface area contributed by atoms with Crippen molar-refractivity contribution >= 4 is 21.7 Å². The molecule has 0 bridgehead atoms. The topological polar surface area (TPSA) is 114 Å². The number of aromatic nitrogens is 1. The van der Waals surface area contributed by atoms with E-state index < -0.39 is 22.0 Å². The number of likely N-dealkylation sites (tertiary alicyclic amines) is 1. The van der Waals surface area contributed by atoms with Crippen molar-refractivity contribution in [2.45, 2.75) is 43.2 Å². The zero-order valence-corrected chi connectivity index (χ0v) is 21.1. The number of piperidine rings is 1. The van der Waals surface area contributed by atoms with Crippen LogP contribution in [0.2, 0.25) is 0 Å². The van der Waals surface area contributed by atoms with Gasteiger partial charge >= 0.3 is 12.1 Å². The molecule has 0 unspecified atom stereocenters. The van der Waals surface area contributed by atoms with Gasteiger partial charge in [-0.15, -0.1) is 0 Å². The Kier molecular flexibility index (Phi) is 9.16. The number of aliphatic carboxylic acids is 1. The summed E-state index contributed by atoms with van der Waals surface area (Å²) < 4.78 is 60.8. The van der Waals surface area contributed by atoms with E-state index in [1.54, 1.807) is 30.5 Å². The summed E-state index contributed by atoms with van der Waals surface area (Å²) in [4.78, 5) is 28.0. The minimum atomic E-state index is -5.08. The molecule has 1 amide bonds. The Morgan fingerprint density at radius 3 is 2.08 bits per heavy atom. The number of halogens is 3. The Morgan fingerprint density at radius 2 is 1.65 bits per heavy atom. The lowest BCUT2D eigenvalue weighted by molar-refractivity contribution is -0.192. The summed E-state index contributed by atoms with van der Waals surface area (Å²) in [7, 11) is -3.20. The third kappa shape index (κ3) is 8.17. The molecule has 1 aliphatic heterocycles. The Bertz CT molecular complexity index is 1170. The van der Waals surface area contributed by atoms with Gasteiger partial charge in [0.05, 0.1) is 23.4 Å². The molecule has 0 spiro atoms. The number of hydrogen-bond donors (Lipinski definition) is 1. The lowest BCUT2D eigenvalue weighted by atomic mass is 9.83. The van der Waals surface area contributed by atoms with Gasteiger partial charge in [-0.05, 0) is 55.9 Å². The SMILES string of the molecule is CS(=O)(=O)c1ccc(-c2ccc(OCC3CCN(C(=O)C4CCC4)CC3)cn2)cc1.O=C(O)C(F)(F)F. The molecule has 1 aromatic carbocycles. The highest BCUT2D eigenvalue weighted by Crippen LogP contribution is 2.30. The van der Waals surface area contributed by atoms with Gasteiger partial charge in [-0.25, -0.2) is 13.2 Å². The zero-order chi connectivity index (χ0) is 27.2. The first-order valence-corrected chi connectivity index (χ1v) is 13.7. The van der Waals surface area contributed by atoms with E-state index in [0.29, 0.717) is 23.3 Å². The van der Waals surface area contributed by atoms with Crippen LogP contribution in [0.3, 0.4) is 0 Å². The number of benzene rings is 1. The molecule has 1 aromatic heterocycles. The van der Waals surface area contributed by atoms with Crippen LogP contribution >= 0.6 is 0 Å². The number of nitrogens with zero attached hydrogens (tertiary/aromatic N) is 2. The third-order valence-corrected chi connectivity index (χ3v) is 7.55. The van der Waals surface area contributed by atoms with E-state index in [-0.39, 0.29) is 5.92 Å². The van der Waals surface area contributed by atoms with Crippen molar-refractivity contribution in [3.05, 3.63) is 42.6 Å². The first kappa shape index (κ1) is 28.4. The summed E-state index contributed by atoms with van der Waals surface area (Å²) in [6, 6.07) is 10.5. The molecule has 2 fully saturated rings. The van der Waals surface area contributed by atoms with Gasteiger partial charge in [-0.3, -0.25) is 9.78 Å². The van der Waals surface area contributed by atoms with Crippen LogP contribution in [0.15, 0.2) is 47.5 Å². The molecule has 202 valence electrons. The van der Waals surface area contributed by atoms with Crippen LogP contribution in [0.4, 0.5) is 13.2 Å². The number of amides is 1. The first-order valence-electron chi connectivity index (χ1n) is 11.8. The predicted octanol–water partition coefficient (Wildman–Crippen LogP) is 4.20. The second-order valence-electron chi connectivity index (χ2n) is 9.19. The maximum atomic E-state index is 12.3. The fourth-order valence-corrected chi connectivity index (χ4v) is 4.59. The van der Waals surface area contributed by atoms with Crippen molar-refractivity contribution in [2.24, 2.45) is 11.8 Å². The van der Waals surface area contributed by atoms with E-state index in [1.165, 1.54) is 12.7 Å². The number of ether oxygens (including phenoxy) is 1. The van der Waals surface area contributed by atoms with Crippen LogP contribution in [-0.4, -0.2) is 67.4 Å². The Hall–Kier alpha value is -3.15. The molecule has 0 radical (unpaired) electrons. The summed E-state index contributed by atoms with van der Waals surface area (Å²) in [5, 5.41) is 7.12. The number of carboxylic acids is 1. The average Bonchev–Trinajstić information content (AvgIpc) is 2.82. The highest BCUT2D eigenvalue weighted by molar-refractivity contribution is 7.90. The van der Waals surface area contributed by atoms with Gasteiger partial charge in [0.1, 0.15) is 5.75 Å². The summed E-state index contributed by atoms with van der Waals surface area (Å²) in [5.41, 5.74) is 1.63. The van der Waals surface area contributed by atoms with Crippen LogP contribution in [0, 0.1) is 11.8 Å². The van der Waals surface area contributed by atoms with Crippen molar-refractivity contribution in [2.75, 3.05) is 26.0 Å². The summed E-state index contributed by atoms with van der Waals surface area (Å²) in [6.45, 7) is 2.31. The van der Waals surface area contributed by atoms with Gasteiger partial charge in [0.2, 0.25) is 5.91 Å². The molecular formula is C25H29F3N2O6S. The normalized spacial score (nSPS) is 16.8. The lowest BCUT2D eigenvalue weighted by Gasteiger charge is -2.36. The number of carbonyl (C=O) groups excluding carboxylic acids is 1. The molecule has 1 N–H and O–H groups in total. The second-order valence-corrected chi connectivity index (χ2v) is 11.2. The van der Waals surface area contributed by atoms with Gasteiger partial charge in [0, 0.05) is 30.8 Å². The van der Waals surface area contributed by atoms with E-state index in [1.807, 2.05) is 17.0 Å². The molecule has 0 atom stereocenters. The Morgan fingerprint density at radius 1 is 1.05 bits per heavy atom. The summed E-state index contributed by atoms with van der Waals surface area (Å²) in [5.74, 6) is -0.944. The minimum absolute atomic E-state index is 0.282. The smallest absolute Gasteiger partial charge is 0.490 e. The fourth-order valence-electron chi connectivity index (χ4n) is 3.96. The number of rotatable bonds is 6. The lowest BCUT2D eigenvalue weighted by Crippen LogP contribution is -2.44. The van der Waals surface area contributed by atoms with Gasteiger partial charge < -0.3 is 14.7 Å². The summed E-state index contributed by atoms with van der Waals surface area (Å²) in [6.07, 6.45) is 3.10. The highest BCUT2D eigenvalue weighted by Gasteiger charge is 2.38. The Balaban J connectivity index is 0.000000479. The van der Waals surface area contributed by atoms with E-state index in [0.717, 1.165) is 55.8 Å². The number of carbonyl (C=O) groups is 2. The number of sulfone groups is 1. The minimum Gasteiger partial charge on any atom is -0.492 e. The van der Waals surface area contributed by atoms with E-state index >= 15 is 0 Å². The Labute approximate surface area is 213 Å². The highest BCUT2D eigenvalue weighted by atomic mass is 32.2. The first-order chi connectivity index (χ1) is 17.3. The van der Waals surface area contributed by atoms with Crippen LogP contribution in [-0.2, 0) is 19.4 Å². The van der Waals surface area contributed by atoms with Gasteiger partial charge in [-0.1, -0.05) is 18.6 Å². The number of alkyl halides is 3. The van der Waals surface area contributed by atoms with Crippen molar-refractivity contribution < 1.29 is 41.0 Å². The molecule has 1 saturated carbocycles. The summed E-state index contributed by atoms with van der Waals surface area (Å²) >= 11 is 0. The molecule has 4 rings (SSSR count). The standard InChI is InChI=1S/C23H28N2O4S.C2HF3O2/c1-30(27,28)21-8-5-18(6-9-21)22-10-7-20(15-24-22)29-16-17-11-13-25(14-12-17)23(26)19-3-2-4-19;3-2(4,5)1(6)7/h5-10,15,17,19H,2-4,11-14,16H2,1H3;(H,6,7). The molecule has 37 heavy (non-hydrogen) atoms. The maximum Gasteiger partial charge on any atom is 0.490 e. The molecule has 1 saturated heterocycles. The van der Waals surface area contributed by atoms with Crippen molar-refractivity contribution in [3.8, 4) is 17.0 Å². The monoisotopic (exact) mass is 542 g/mol. The zero-order valence-electron chi connectivity index (χ0n) is 20.3. The van der Waals surface area contributed by atoms with Crippen LogP contribution < -0.4 is 4.74 Å². The van der Waals surface area contributed by atoms with Crippen LogP contribution in [0.25, 0.3) is 11.3 Å². The van der Waals surface area contributed by atoms with Crippen LogP contribution in [0.1, 0.15) is 32.1 Å². The molecule has 2 heterocycles. The average molecular weight is 543 g/mol. The molecular weight excluding hydrogens is 513 g/mol. The van der Waals surface area contributed by atoms with Crippen molar-refractivity contribution in [1.29, 1.82) is 0 Å². The maximum absolute atomic E-state index is 12.3. The predicted molar refractivity (Wildman–Crippen MR) is 129 cm³/mol. The number of pyridine rings is 1.